The molecule has 1 fully saturated rings. The molecule has 0 aromatic rings. The molecule has 16 N–H and O–H groups in total. The van der Waals surface area contributed by atoms with Gasteiger partial charge in [-0.15, -0.1) is 37.0 Å². The van der Waals surface area contributed by atoms with Gasteiger partial charge < -0.3 is 70.4 Å². The molecule has 0 saturated carbocycles. The van der Waals surface area contributed by atoms with Crippen molar-refractivity contribution in [2.45, 2.75) is 191 Å². The van der Waals surface area contributed by atoms with E-state index in [1.807, 2.05) is 0 Å². The number of terminal acetylenes is 3. The first-order chi connectivity index (χ1) is 35.1. The lowest BCUT2D eigenvalue weighted by atomic mass is 9.92. The molecule has 0 unspecified atom stereocenters. The maximum absolute atomic E-state index is 13.9. The third-order valence-corrected chi connectivity index (χ3v) is 12.1. The summed E-state index contributed by atoms with van der Waals surface area (Å²) in [5.74, 6) is -0.278. The van der Waals surface area contributed by atoms with Crippen LogP contribution in [0.4, 0.5) is 0 Å². The van der Waals surface area contributed by atoms with Crippen LogP contribution in [0.25, 0.3) is 0 Å². The van der Waals surface area contributed by atoms with Crippen molar-refractivity contribution >= 4 is 58.9 Å². The molecule has 1 aliphatic rings. The van der Waals surface area contributed by atoms with E-state index in [-0.39, 0.29) is 76.4 Å². The van der Waals surface area contributed by atoms with Gasteiger partial charge in [-0.05, 0) is 125 Å². The van der Waals surface area contributed by atoms with E-state index in [1.165, 1.54) is 25.7 Å². The number of amides is 9. The molecule has 1 saturated heterocycles. The summed E-state index contributed by atoms with van der Waals surface area (Å²) >= 11 is 0. The second-order valence-electron chi connectivity index (χ2n) is 18.9. The highest BCUT2D eigenvalue weighted by Gasteiger charge is 2.39. The first-order valence-electron chi connectivity index (χ1n) is 25.5. The first kappa shape index (κ1) is 65.4. The number of nitrogens with one attached hydrogen (secondary N) is 8. The molecule has 74 heavy (non-hydrogen) atoms. The van der Waals surface area contributed by atoms with Crippen LogP contribution in [-0.4, -0.2) is 150 Å². The largest absolute Gasteiger partial charge is 0.354 e. The smallest absolute Gasteiger partial charge is 0.245 e. The van der Waals surface area contributed by atoms with Gasteiger partial charge in [0, 0.05) is 38.3 Å². The number of likely N-dealkylation sites (tertiary alicyclic amines) is 1. The highest BCUT2D eigenvalue weighted by atomic mass is 16.2. The van der Waals surface area contributed by atoms with Gasteiger partial charge in [0.15, 0.2) is 5.78 Å². The number of nitrogens with zero attached hydrogens (tertiary/aromatic N) is 1. The number of unbranched alkanes of at least 4 members (excludes halogenated alkanes) is 3. The second-order valence-corrected chi connectivity index (χ2v) is 18.9. The third kappa shape index (κ3) is 23.5. The van der Waals surface area contributed by atoms with Crippen molar-refractivity contribution in [3.8, 4) is 37.0 Å². The summed E-state index contributed by atoms with van der Waals surface area (Å²) in [6.07, 6.45) is 20.0. The van der Waals surface area contributed by atoms with Crippen LogP contribution >= 0.6 is 0 Å². The van der Waals surface area contributed by atoms with Gasteiger partial charge in [0.2, 0.25) is 53.2 Å². The van der Waals surface area contributed by atoms with Crippen molar-refractivity contribution in [3.05, 3.63) is 0 Å². The molecule has 0 radical (unpaired) electrons. The van der Waals surface area contributed by atoms with Crippen LogP contribution in [0.2, 0.25) is 0 Å². The molecule has 0 aromatic carbocycles. The minimum absolute atomic E-state index is 0.0132. The Labute approximate surface area is 436 Å². The predicted molar refractivity (Wildman–Crippen MR) is 279 cm³/mol. The molecular weight excluding hydrogens is 955 g/mol. The standard InChI is InChI=1S/C51H83N13O10/c1-9-19-35(45(68)56-31(4)5)30-42(65)36(22-12-15-26-52)59-50(73)41-25-18-29-64(41)51(74)34(8)58-47(70)38(21-11-3)63-49(72)40(24-14-17-28-54)61-44(67)33(7)57-46(69)37(20-10-2)62-48(71)39(23-13-16-27-53)60-43(66)32(6)55/h1-3,31-41H,12-30,52-55H2,4-8H3,(H,56,68)(H,57,69)(H,58,70)(H,59,73)(H,60,66)(H,61,67)(H,62,71)(H,63,72)/t32-,33-,34-,35+,36-,37-,38-,39-,40-,41-/m0/s1. The van der Waals surface area contributed by atoms with Crippen molar-refractivity contribution in [2.75, 3.05) is 26.2 Å². The monoisotopic (exact) mass is 1040 g/mol. The summed E-state index contributed by atoms with van der Waals surface area (Å²) in [7, 11) is 0. The van der Waals surface area contributed by atoms with E-state index >= 15 is 0 Å². The molecule has 9 amide bonds. The van der Waals surface area contributed by atoms with Crippen LogP contribution in [0.3, 0.4) is 0 Å². The molecule has 1 heterocycles. The Bertz CT molecular complexity index is 2030. The van der Waals surface area contributed by atoms with Crippen molar-refractivity contribution < 1.29 is 47.9 Å². The molecule has 0 aromatic heterocycles. The predicted octanol–water partition coefficient (Wildman–Crippen LogP) is -2.69. The molecule has 0 bridgehead atoms. The molecule has 10 atom stereocenters. The zero-order valence-electron chi connectivity index (χ0n) is 43.9. The van der Waals surface area contributed by atoms with Gasteiger partial charge in [-0.1, -0.05) is 0 Å². The van der Waals surface area contributed by atoms with E-state index in [2.05, 4.69) is 60.3 Å². The average Bonchev–Trinajstić information content (AvgIpc) is 3.84. The van der Waals surface area contributed by atoms with Gasteiger partial charge in [-0.2, -0.15) is 0 Å². The topological polar surface area (TPSA) is 374 Å². The summed E-state index contributed by atoms with van der Waals surface area (Å²) in [5, 5.41) is 20.9. The fourth-order valence-corrected chi connectivity index (χ4v) is 7.89. The normalized spacial score (nSPS) is 16.6. The number of hydrogen-bond donors (Lipinski definition) is 12. The van der Waals surface area contributed by atoms with Crippen molar-refractivity contribution in [1.29, 1.82) is 0 Å². The van der Waals surface area contributed by atoms with E-state index < -0.39 is 113 Å². The Kier molecular flexibility index (Phi) is 31.4. The number of nitrogens with two attached hydrogens (primary N) is 4. The summed E-state index contributed by atoms with van der Waals surface area (Å²) in [5.41, 5.74) is 22.7. The van der Waals surface area contributed by atoms with Crippen LogP contribution in [0.15, 0.2) is 0 Å². The van der Waals surface area contributed by atoms with Gasteiger partial charge >= 0.3 is 0 Å². The summed E-state index contributed by atoms with van der Waals surface area (Å²) in [6.45, 7) is 8.90. The van der Waals surface area contributed by atoms with E-state index in [1.54, 1.807) is 13.8 Å². The SMILES string of the molecule is C#CC[C@H](CC(=O)[C@H](CCCCN)NC(=O)[C@@H]1CCCN1C(=O)[C@H](C)NC(=O)[C@H](CC#C)NC(=O)[C@H](CCCCN)NC(=O)[C@H](C)NC(=O)[C@H](CC#C)NC(=O)[C@H](CCCCN)NC(=O)[C@H](C)N)C(=O)NC(C)C. The molecule has 0 spiro atoms. The maximum Gasteiger partial charge on any atom is 0.245 e. The maximum atomic E-state index is 13.9. The Hall–Kier alpha value is -6.58. The summed E-state index contributed by atoms with van der Waals surface area (Å²) in [6, 6.07) is -10.6. The minimum atomic E-state index is -1.39. The zero-order chi connectivity index (χ0) is 55.9. The van der Waals surface area contributed by atoms with Crippen molar-refractivity contribution in [1.82, 2.24) is 47.4 Å². The van der Waals surface area contributed by atoms with Gasteiger partial charge in [-0.3, -0.25) is 47.9 Å². The second kappa shape index (κ2) is 35.6. The van der Waals surface area contributed by atoms with Crippen LogP contribution < -0.4 is 65.5 Å². The fraction of sp³-hybridized carbons (Fsp3) is 0.686. The van der Waals surface area contributed by atoms with Gasteiger partial charge in [0.1, 0.15) is 42.3 Å². The van der Waals surface area contributed by atoms with Crippen LogP contribution in [0, 0.1) is 42.9 Å². The first-order valence-corrected chi connectivity index (χ1v) is 25.5. The third-order valence-electron chi connectivity index (χ3n) is 12.1. The zero-order valence-corrected chi connectivity index (χ0v) is 43.9. The minimum Gasteiger partial charge on any atom is -0.354 e. The number of carbonyl (C=O) groups excluding carboxylic acids is 10. The van der Waals surface area contributed by atoms with Crippen LogP contribution in [0.1, 0.15) is 131 Å². The number of ketones is 1. The van der Waals surface area contributed by atoms with E-state index in [9.17, 15) is 47.9 Å². The highest BCUT2D eigenvalue weighted by Crippen LogP contribution is 2.21. The number of hydrogen-bond acceptors (Lipinski definition) is 14. The molecule has 412 valence electrons. The fourth-order valence-electron chi connectivity index (χ4n) is 7.89. The Morgan fingerprint density at radius 3 is 1.39 bits per heavy atom. The van der Waals surface area contributed by atoms with E-state index in [0.717, 1.165) is 0 Å². The molecule has 1 rings (SSSR count). The van der Waals surface area contributed by atoms with E-state index in [0.29, 0.717) is 58.0 Å². The lowest BCUT2D eigenvalue weighted by Crippen LogP contribution is -2.59. The number of rotatable bonds is 35. The van der Waals surface area contributed by atoms with Crippen LogP contribution in [0.5, 0.6) is 0 Å². The van der Waals surface area contributed by atoms with Crippen molar-refractivity contribution in [3.63, 3.8) is 0 Å². The summed E-state index contributed by atoms with van der Waals surface area (Å²) in [4.78, 5) is 136. The lowest BCUT2D eigenvalue weighted by molar-refractivity contribution is -0.142. The van der Waals surface area contributed by atoms with Gasteiger partial charge in [-0.25, -0.2) is 0 Å². The molecule has 23 nitrogen and oxygen atoms in total. The molecule has 1 aliphatic heterocycles. The Morgan fingerprint density at radius 2 is 0.946 bits per heavy atom. The van der Waals surface area contributed by atoms with Gasteiger partial charge in [0.25, 0.3) is 0 Å². The molecular formula is C51H83N13O10. The number of Topliss-reactive ketones (excluding diaryl/α,β-unsaturated/α-hetero) is 1. The Morgan fingerprint density at radius 1 is 0.514 bits per heavy atom. The highest BCUT2D eigenvalue weighted by molar-refractivity contribution is 5.99. The number of carbonyl (C=O) groups is 10. The summed E-state index contributed by atoms with van der Waals surface area (Å²) < 4.78 is 0. The quantitative estimate of drug-likeness (QED) is 0.0228. The average molecular weight is 1040 g/mol. The molecule has 0 aliphatic carbocycles. The van der Waals surface area contributed by atoms with Crippen LogP contribution in [-0.2, 0) is 47.9 Å². The lowest BCUT2D eigenvalue weighted by Gasteiger charge is -2.29. The Balaban J connectivity index is 3.17. The van der Waals surface area contributed by atoms with Crippen molar-refractivity contribution in [2.24, 2.45) is 28.9 Å². The van der Waals surface area contributed by atoms with Gasteiger partial charge in [0.05, 0.1) is 18.0 Å². The van der Waals surface area contributed by atoms with E-state index in [4.69, 9.17) is 42.2 Å². The molecule has 23 heteroatoms.